The van der Waals surface area contributed by atoms with Gasteiger partial charge in [0, 0.05) is 0 Å². The molecule has 2 rings (SSSR count). The minimum absolute atomic E-state index is 0.459. The average molecular weight is 236 g/mol. The van der Waals surface area contributed by atoms with Gasteiger partial charge in [0.25, 0.3) is 0 Å². The zero-order valence-corrected chi connectivity index (χ0v) is 10.6. The van der Waals surface area contributed by atoms with Gasteiger partial charge in [0.2, 0.25) is 0 Å². The monoisotopic (exact) mass is 236 g/mol. The van der Waals surface area contributed by atoms with E-state index in [1.165, 1.54) is 5.56 Å². The van der Waals surface area contributed by atoms with Crippen molar-refractivity contribution in [1.29, 1.82) is 0 Å². The summed E-state index contributed by atoms with van der Waals surface area (Å²) in [7, 11) is 0. The standard InChI is InChI=1S/C14H20O3/c1-3-15-12-7-8-14(16-4-2)11(9-12)5-6-13-10-17-13/h7-9,13H,3-6,10H2,1-2H3. The van der Waals surface area contributed by atoms with Gasteiger partial charge in [-0.3, -0.25) is 0 Å². The van der Waals surface area contributed by atoms with Gasteiger partial charge in [0.05, 0.1) is 25.9 Å². The first-order valence-electron chi connectivity index (χ1n) is 6.33. The van der Waals surface area contributed by atoms with Crippen LogP contribution in [-0.4, -0.2) is 25.9 Å². The number of hydrogen-bond donors (Lipinski definition) is 0. The molecule has 1 fully saturated rings. The maximum atomic E-state index is 5.63. The largest absolute Gasteiger partial charge is 0.494 e. The van der Waals surface area contributed by atoms with Crippen LogP contribution in [0.5, 0.6) is 11.5 Å². The number of epoxide rings is 1. The molecular formula is C14H20O3. The molecule has 3 nitrogen and oxygen atoms in total. The van der Waals surface area contributed by atoms with Crippen LogP contribution < -0.4 is 9.47 Å². The van der Waals surface area contributed by atoms with Gasteiger partial charge in [0.1, 0.15) is 11.5 Å². The van der Waals surface area contributed by atoms with E-state index in [0.29, 0.717) is 19.3 Å². The summed E-state index contributed by atoms with van der Waals surface area (Å²) in [5, 5.41) is 0. The van der Waals surface area contributed by atoms with E-state index in [2.05, 4.69) is 6.07 Å². The van der Waals surface area contributed by atoms with E-state index in [9.17, 15) is 0 Å². The molecule has 0 aliphatic carbocycles. The van der Waals surface area contributed by atoms with Crippen LogP contribution in [0.2, 0.25) is 0 Å². The van der Waals surface area contributed by atoms with E-state index < -0.39 is 0 Å². The van der Waals surface area contributed by atoms with Crippen molar-refractivity contribution in [3.05, 3.63) is 23.8 Å². The van der Waals surface area contributed by atoms with Crippen LogP contribution in [0.25, 0.3) is 0 Å². The van der Waals surface area contributed by atoms with Crippen molar-refractivity contribution >= 4 is 0 Å². The minimum atomic E-state index is 0.459. The second kappa shape index (κ2) is 5.92. The van der Waals surface area contributed by atoms with Crippen molar-refractivity contribution < 1.29 is 14.2 Å². The number of benzene rings is 1. The highest BCUT2D eigenvalue weighted by Gasteiger charge is 2.22. The Balaban J connectivity index is 2.06. The fourth-order valence-corrected chi connectivity index (χ4v) is 1.86. The molecule has 0 radical (unpaired) electrons. The van der Waals surface area contributed by atoms with Gasteiger partial charge >= 0.3 is 0 Å². The van der Waals surface area contributed by atoms with E-state index in [1.807, 2.05) is 26.0 Å². The Hall–Kier alpha value is -1.22. The highest BCUT2D eigenvalue weighted by atomic mass is 16.6. The number of aryl methyl sites for hydroxylation is 1. The number of rotatable bonds is 7. The molecule has 1 aliphatic heterocycles. The van der Waals surface area contributed by atoms with Crippen LogP contribution in [0, 0.1) is 0 Å². The Morgan fingerprint density at radius 2 is 2.00 bits per heavy atom. The van der Waals surface area contributed by atoms with Crippen molar-refractivity contribution in [3.8, 4) is 11.5 Å². The SMILES string of the molecule is CCOc1ccc(OCC)c(CCC2CO2)c1. The molecule has 0 bridgehead atoms. The Morgan fingerprint density at radius 3 is 2.65 bits per heavy atom. The smallest absolute Gasteiger partial charge is 0.122 e. The molecule has 0 aromatic heterocycles. The maximum Gasteiger partial charge on any atom is 0.122 e. The number of ether oxygens (including phenoxy) is 3. The molecular weight excluding hydrogens is 216 g/mol. The van der Waals surface area contributed by atoms with E-state index in [0.717, 1.165) is 30.9 Å². The Kier molecular flexibility index (Phi) is 4.26. The predicted octanol–water partition coefficient (Wildman–Crippen LogP) is 2.82. The summed E-state index contributed by atoms with van der Waals surface area (Å²) in [4.78, 5) is 0. The van der Waals surface area contributed by atoms with Gasteiger partial charge in [-0.15, -0.1) is 0 Å². The molecule has 1 aromatic carbocycles. The van der Waals surface area contributed by atoms with Crippen molar-refractivity contribution in [2.45, 2.75) is 32.8 Å². The molecule has 1 heterocycles. The lowest BCUT2D eigenvalue weighted by atomic mass is 10.1. The van der Waals surface area contributed by atoms with Gasteiger partial charge < -0.3 is 14.2 Å². The van der Waals surface area contributed by atoms with E-state index in [1.54, 1.807) is 0 Å². The summed E-state index contributed by atoms with van der Waals surface area (Å²) in [6, 6.07) is 6.04. The molecule has 1 saturated heterocycles. The quantitative estimate of drug-likeness (QED) is 0.682. The first kappa shape index (κ1) is 12.2. The highest BCUT2D eigenvalue weighted by molar-refractivity contribution is 5.40. The van der Waals surface area contributed by atoms with Crippen molar-refractivity contribution in [2.24, 2.45) is 0 Å². The lowest BCUT2D eigenvalue weighted by molar-refractivity contribution is 0.326. The zero-order valence-electron chi connectivity index (χ0n) is 10.6. The Bertz CT molecular complexity index is 358. The predicted molar refractivity (Wildman–Crippen MR) is 66.8 cm³/mol. The Labute approximate surface area is 103 Å². The summed E-state index contributed by atoms with van der Waals surface area (Å²) >= 11 is 0. The second-order valence-electron chi connectivity index (χ2n) is 4.13. The molecule has 0 spiro atoms. The summed E-state index contributed by atoms with van der Waals surface area (Å²) in [6.07, 6.45) is 2.51. The first-order valence-corrected chi connectivity index (χ1v) is 6.33. The summed E-state index contributed by atoms with van der Waals surface area (Å²) in [5.41, 5.74) is 1.22. The lowest BCUT2D eigenvalue weighted by Crippen LogP contribution is -2.00. The molecule has 1 atom stereocenters. The molecule has 1 unspecified atom stereocenters. The van der Waals surface area contributed by atoms with Crippen molar-refractivity contribution in [3.63, 3.8) is 0 Å². The first-order chi connectivity index (χ1) is 8.33. The fraction of sp³-hybridized carbons (Fsp3) is 0.571. The van der Waals surface area contributed by atoms with E-state index in [-0.39, 0.29) is 0 Å². The molecule has 94 valence electrons. The summed E-state index contributed by atoms with van der Waals surface area (Å²) in [5.74, 6) is 1.89. The lowest BCUT2D eigenvalue weighted by Gasteiger charge is -2.12. The third-order valence-electron chi connectivity index (χ3n) is 2.78. The van der Waals surface area contributed by atoms with Crippen LogP contribution in [-0.2, 0) is 11.2 Å². The third-order valence-corrected chi connectivity index (χ3v) is 2.78. The fourth-order valence-electron chi connectivity index (χ4n) is 1.86. The van der Waals surface area contributed by atoms with Gasteiger partial charge in [-0.05, 0) is 50.5 Å². The molecule has 3 heteroatoms. The minimum Gasteiger partial charge on any atom is -0.494 e. The van der Waals surface area contributed by atoms with Crippen LogP contribution >= 0.6 is 0 Å². The summed E-state index contributed by atoms with van der Waals surface area (Å²) in [6.45, 7) is 6.30. The molecule has 0 amide bonds. The molecule has 1 aliphatic rings. The Morgan fingerprint density at radius 1 is 1.24 bits per heavy atom. The molecule has 1 aromatic rings. The van der Waals surface area contributed by atoms with Gasteiger partial charge in [0.15, 0.2) is 0 Å². The normalized spacial score (nSPS) is 17.9. The second-order valence-corrected chi connectivity index (χ2v) is 4.13. The van der Waals surface area contributed by atoms with E-state index >= 15 is 0 Å². The van der Waals surface area contributed by atoms with Crippen molar-refractivity contribution in [2.75, 3.05) is 19.8 Å². The highest BCUT2D eigenvalue weighted by Crippen LogP contribution is 2.27. The molecule has 0 N–H and O–H groups in total. The molecule has 17 heavy (non-hydrogen) atoms. The van der Waals surface area contributed by atoms with Crippen LogP contribution in [0.15, 0.2) is 18.2 Å². The summed E-state index contributed by atoms with van der Waals surface area (Å²) < 4.78 is 16.4. The average Bonchev–Trinajstić information content (AvgIpc) is 3.14. The van der Waals surface area contributed by atoms with Crippen LogP contribution in [0.1, 0.15) is 25.8 Å². The van der Waals surface area contributed by atoms with E-state index in [4.69, 9.17) is 14.2 Å². The van der Waals surface area contributed by atoms with Crippen LogP contribution in [0.4, 0.5) is 0 Å². The van der Waals surface area contributed by atoms with Crippen LogP contribution in [0.3, 0.4) is 0 Å². The van der Waals surface area contributed by atoms with Crippen molar-refractivity contribution in [1.82, 2.24) is 0 Å². The van der Waals surface area contributed by atoms with Gasteiger partial charge in [-0.2, -0.15) is 0 Å². The topological polar surface area (TPSA) is 31.0 Å². The van der Waals surface area contributed by atoms with Gasteiger partial charge in [-0.25, -0.2) is 0 Å². The third kappa shape index (κ3) is 3.63. The molecule has 0 saturated carbocycles. The zero-order chi connectivity index (χ0) is 12.1. The van der Waals surface area contributed by atoms with Gasteiger partial charge in [-0.1, -0.05) is 0 Å². The maximum absolute atomic E-state index is 5.63. The number of hydrogen-bond acceptors (Lipinski definition) is 3.